The smallest absolute Gasteiger partial charge is 0.258 e. The summed E-state index contributed by atoms with van der Waals surface area (Å²) in [6.07, 6.45) is 0. The maximum Gasteiger partial charge on any atom is 0.258 e. The second-order valence-electron chi connectivity index (χ2n) is 8.00. The number of nitrogen functional groups attached to an aromatic ring is 2. The lowest BCUT2D eigenvalue weighted by molar-refractivity contribution is -0.114. The second kappa shape index (κ2) is 12.6. The van der Waals surface area contributed by atoms with Crippen LogP contribution in [0.5, 0.6) is 0 Å². The number of hydrogen-bond donors (Lipinski definition) is 5. The van der Waals surface area contributed by atoms with Crippen LogP contribution in [0.4, 0.5) is 37.2 Å². The number of nitrogens with one attached hydrogen (secondary N) is 3. The summed E-state index contributed by atoms with van der Waals surface area (Å²) in [5.74, 6) is -2.78. The largest absolute Gasteiger partial charge is 0.399 e. The van der Waals surface area contributed by atoms with Gasteiger partial charge in [0.15, 0.2) is 0 Å². The standard InChI is InChI=1S/C15H15N3O2.C13H10F2N2O/c1-10(19)17-14-5-3-2-4-13(14)15(20)18-12-8-6-11(16)7-9-12;14-8-1-6-11(12(15)7-8)13(18)17-10-4-2-9(16)3-5-10/h2-9H,16H2,1H3,(H,17,19)(H,18,20);1-7H,16H2,(H,17,18). The molecule has 8 nitrogen and oxygen atoms in total. The molecule has 0 aliphatic heterocycles. The lowest BCUT2D eigenvalue weighted by Crippen LogP contribution is -2.16. The molecule has 4 aromatic carbocycles. The molecular weight excluding hydrogens is 492 g/mol. The van der Waals surface area contributed by atoms with Gasteiger partial charge in [0.1, 0.15) is 11.6 Å². The highest BCUT2D eigenvalue weighted by Gasteiger charge is 2.13. The van der Waals surface area contributed by atoms with E-state index in [-0.39, 0.29) is 17.4 Å². The van der Waals surface area contributed by atoms with Crippen molar-refractivity contribution in [2.45, 2.75) is 6.92 Å². The van der Waals surface area contributed by atoms with E-state index in [9.17, 15) is 23.2 Å². The van der Waals surface area contributed by atoms with E-state index in [2.05, 4.69) is 16.0 Å². The van der Waals surface area contributed by atoms with E-state index in [1.54, 1.807) is 72.8 Å². The van der Waals surface area contributed by atoms with Crippen molar-refractivity contribution in [1.29, 1.82) is 0 Å². The Morgan fingerprint density at radius 3 is 1.63 bits per heavy atom. The molecule has 0 saturated heterocycles. The lowest BCUT2D eigenvalue weighted by Gasteiger charge is -2.10. The number of carbonyl (C=O) groups excluding carboxylic acids is 3. The van der Waals surface area contributed by atoms with Gasteiger partial charge in [0.2, 0.25) is 5.91 Å². The fourth-order valence-corrected chi connectivity index (χ4v) is 3.18. The fourth-order valence-electron chi connectivity index (χ4n) is 3.18. The number of halogens is 2. The van der Waals surface area contributed by atoms with Gasteiger partial charge in [-0.2, -0.15) is 0 Å². The topological polar surface area (TPSA) is 139 Å². The Bertz CT molecular complexity index is 1440. The highest BCUT2D eigenvalue weighted by atomic mass is 19.1. The van der Waals surface area contributed by atoms with Crippen molar-refractivity contribution in [2.24, 2.45) is 0 Å². The van der Waals surface area contributed by atoms with Gasteiger partial charge in [-0.25, -0.2) is 8.78 Å². The van der Waals surface area contributed by atoms with E-state index in [4.69, 9.17) is 11.5 Å². The molecule has 0 fully saturated rings. The molecule has 0 heterocycles. The molecule has 0 aromatic heterocycles. The zero-order valence-corrected chi connectivity index (χ0v) is 20.3. The minimum atomic E-state index is -0.900. The lowest BCUT2D eigenvalue weighted by atomic mass is 10.1. The average molecular weight is 518 g/mol. The normalized spacial score (nSPS) is 9.97. The van der Waals surface area contributed by atoms with Crippen LogP contribution in [0.3, 0.4) is 0 Å². The molecule has 0 atom stereocenters. The quantitative estimate of drug-likeness (QED) is 0.229. The van der Waals surface area contributed by atoms with Gasteiger partial charge in [0.25, 0.3) is 11.8 Å². The highest BCUT2D eigenvalue weighted by molar-refractivity contribution is 6.10. The predicted octanol–water partition coefficient (Wildman–Crippen LogP) is 5.28. The van der Waals surface area contributed by atoms with Gasteiger partial charge in [-0.1, -0.05) is 12.1 Å². The molecule has 0 bridgehead atoms. The summed E-state index contributed by atoms with van der Waals surface area (Å²) in [6.45, 7) is 1.40. The van der Waals surface area contributed by atoms with Crippen LogP contribution in [0.25, 0.3) is 0 Å². The van der Waals surface area contributed by atoms with Crippen LogP contribution >= 0.6 is 0 Å². The van der Waals surface area contributed by atoms with Gasteiger partial charge in [-0.3, -0.25) is 14.4 Å². The van der Waals surface area contributed by atoms with Gasteiger partial charge >= 0.3 is 0 Å². The third kappa shape index (κ3) is 7.89. The van der Waals surface area contributed by atoms with Crippen molar-refractivity contribution in [1.82, 2.24) is 0 Å². The number of hydrogen-bond acceptors (Lipinski definition) is 5. The summed E-state index contributed by atoms with van der Waals surface area (Å²) >= 11 is 0. The van der Waals surface area contributed by atoms with Crippen molar-refractivity contribution in [3.05, 3.63) is 114 Å². The first kappa shape index (κ1) is 27.3. The molecule has 194 valence electrons. The number of benzene rings is 4. The molecule has 4 aromatic rings. The Hall–Kier alpha value is -5.25. The Kier molecular flexibility index (Phi) is 9.09. The first-order valence-electron chi connectivity index (χ1n) is 11.3. The third-order valence-electron chi connectivity index (χ3n) is 5.00. The van der Waals surface area contributed by atoms with Crippen LogP contribution in [0.15, 0.2) is 91.0 Å². The summed E-state index contributed by atoms with van der Waals surface area (Å²) in [6, 6.07) is 22.9. The van der Waals surface area contributed by atoms with E-state index < -0.39 is 17.5 Å². The summed E-state index contributed by atoms with van der Waals surface area (Å²) in [7, 11) is 0. The van der Waals surface area contributed by atoms with E-state index >= 15 is 0 Å². The molecule has 4 rings (SSSR count). The molecule has 0 spiro atoms. The van der Waals surface area contributed by atoms with Crippen LogP contribution in [0.1, 0.15) is 27.6 Å². The molecule has 3 amide bonds. The van der Waals surface area contributed by atoms with Crippen molar-refractivity contribution < 1.29 is 23.2 Å². The van der Waals surface area contributed by atoms with Gasteiger partial charge in [0.05, 0.1) is 16.8 Å². The van der Waals surface area contributed by atoms with Crippen molar-refractivity contribution >= 4 is 46.2 Å². The summed E-state index contributed by atoms with van der Waals surface area (Å²) in [4.78, 5) is 35.1. The Morgan fingerprint density at radius 2 is 1.13 bits per heavy atom. The first-order valence-corrected chi connectivity index (χ1v) is 11.3. The second-order valence-corrected chi connectivity index (χ2v) is 8.00. The maximum absolute atomic E-state index is 13.3. The van der Waals surface area contributed by atoms with Crippen LogP contribution in [-0.4, -0.2) is 17.7 Å². The number of nitrogens with two attached hydrogens (primary N) is 2. The van der Waals surface area contributed by atoms with Gasteiger partial charge in [-0.05, 0) is 72.8 Å². The summed E-state index contributed by atoms with van der Waals surface area (Å²) < 4.78 is 26.0. The van der Waals surface area contributed by atoms with E-state index in [0.29, 0.717) is 40.1 Å². The minimum Gasteiger partial charge on any atom is -0.399 e. The Labute approximate surface area is 217 Å². The SMILES string of the molecule is CC(=O)Nc1ccccc1C(=O)Nc1ccc(N)cc1.Nc1ccc(NC(=O)c2ccc(F)cc2F)cc1. The van der Waals surface area contributed by atoms with Gasteiger partial charge in [-0.15, -0.1) is 0 Å². The number of amides is 3. The zero-order valence-electron chi connectivity index (χ0n) is 20.3. The minimum absolute atomic E-state index is 0.215. The van der Waals surface area contributed by atoms with Crippen LogP contribution in [0, 0.1) is 11.6 Å². The summed E-state index contributed by atoms with van der Waals surface area (Å²) in [5.41, 5.74) is 14.1. The molecule has 0 unspecified atom stereocenters. The molecule has 0 saturated carbocycles. The van der Waals surface area contributed by atoms with E-state index in [1.807, 2.05) is 0 Å². The zero-order chi connectivity index (χ0) is 27.7. The fraction of sp³-hybridized carbons (Fsp3) is 0.0357. The molecule has 0 radical (unpaired) electrons. The number of para-hydroxylation sites is 1. The maximum atomic E-state index is 13.3. The molecular formula is C28H25F2N5O3. The first-order chi connectivity index (χ1) is 18.1. The molecule has 7 N–H and O–H groups in total. The number of carbonyl (C=O) groups is 3. The van der Waals surface area contributed by atoms with Crippen LogP contribution in [-0.2, 0) is 4.79 Å². The number of rotatable bonds is 5. The third-order valence-corrected chi connectivity index (χ3v) is 5.00. The molecule has 0 aliphatic rings. The van der Waals surface area contributed by atoms with Gasteiger partial charge < -0.3 is 27.4 Å². The predicted molar refractivity (Wildman–Crippen MR) is 145 cm³/mol. The van der Waals surface area contributed by atoms with E-state index in [0.717, 1.165) is 12.1 Å². The average Bonchev–Trinajstić information content (AvgIpc) is 2.87. The molecule has 0 aliphatic carbocycles. The molecule has 38 heavy (non-hydrogen) atoms. The highest BCUT2D eigenvalue weighted by Crippen LogP contribution is 2.18. The Balaban J connectivity index is 0.000000212. The van der Waals surface area contributed by atoms with Crippen LogP contribution < -0.4 is 27.4 Å². The summed E-state index contributed by atoms with van der Waals surface area (Å²) in [5, 5.41) is 7.87. The van der Waals surface area contributed by atoms with Crippen LogP contribution in [0.2, 0.25) is 0 Å². The van der Waals surface area contributed by atoms with Gasteiger partial charge in [0, 0.05) is 35.7 Å². The number of anilines is 5. The Morgan fingerprint density at radius 1 is 0.632 bits per heavy atom. The van der Waals surface area contributed by atoms with Crippen molar-refractivity contribution in [2.75, 3.05) is 27.4 Å². The monoisotopic (exact) mass is 517 g/mol. The van der Waals surface area contributed by atoms with Crippen molar-refractivity contribution in [3.8, 4) is 0 Å². The molecule has 10 heteroatoms. The van der Waals surface area contributed by atoms with E-state index in [1.165, 1.54) is 6.92 Å². The van der Waals surface area contributed by atoms with Crippen molar-refractivity contribution in [3.63, 3.8) is 0 Å².